The average molecular weight is 498 g/mol. The fourth-order valence-electron chi connectivity index (χ4n) is 4.49. The first kappa shape index (κ1) is 23.6. The Morgan fingerprint density at radius 3 is 2.53 bits per heavy atom. The first-order valence-corrected chi connectivity index (χ1v) is 12.3. The molecule has 0 bridgehead atoms. The number of pyridine rings is 1. The van der Waals surface area contributed by atoms with Crippen molar-refractivity contribution in [2.24, 2.45) is 0 Å². The third kappa shape index (κ3) is 4.94. The summed E-state index contributed by atoms with van der Waals surface area (Å²) in [6.07, 6.45) is 3.89. The second kappa shape index (κ2) is 10.6. The van der Waals surface area contributed by atoms with Crippen LogP contribution < -0.4 is 20.3 Å². The lowest BCUT2D eigenvalue weighted by molar-refractivity contribution is -0.118. The Kier molecular flexibility index (Phi) is 6.95. The van der Waals surface area contributed by atoms with Gasteiger partial charge in [0.15, 0.2) is 11.7 Å². The van der Waals surface area contributed by atoms with Gasteiger partial charge in [-0.1, -0.05) is 24.3 Å². The fourth-order valence-corrected chi connectivity index (χ4v) is 4.83. The van der Waals surface area contributed by atoms with E-state index in [1.54, 1.807) is 6.20 Å². The number of benzene rings is 2. The largest absolute Gasteiger partial charge is 0.484 e. The number of rotatable bonds is 8. The SMILES string of the molecule is CCn1cccc1[C@H]1[C@H](c2ccccn2)NC(=S)N1c1ccc(NC(=O)COc2ccccc2)cc1. The van der Waals surface area contributed by atoms with Crippen LogP contribution in [0.15, 0.2) is 97.3 Å². The fraction of sp³-hybridized carbons (Fsp3) is 0.179. The van der Waals surface area contributed by atoms with E-state index in [1.807, 2.05) is 72.8 Å². The van der Waals surface area contributed by atoms with Crippen LogP contribution in [-0.2, 0) is 11.3 Å². The summed E-state index contributed by atoms with van der Waals surface area (Å²) in [6.45, 7) is 2.92. The van der Waals surface area contributed by atoms with E-state index < -0.39 is 0 Å². The highest BCUT2D eigenvalue weighted by Crippen LogP contribution is 2.41. The molecule has 7 nitrogen and oxygen atoms in total. The first-order chi connectivity index (χ1) is 17.6. The predicted octanol–water partition coefficient (Wildman–Crippen LogP) is 5.10. The third-order valence-electron chi connectivity index (χ3n) is 6.15. The van der Waals surface area contributed by atoms with Gasteiger partial charge in [-0.05, 0) is 79.8 Å². The monoisotopic (exact) mass is 497 g/mol. The second-order valence-corrected chi connectivity index (χ2v) is 8.80. The third-order valence-corrected chi connectivity index (χ3v) is 6.46. The Bertz CT molecular complexity index is 1330. The number of aromatic nitrogens is 2. The molecule has 0 spiro atoms. The van der Waals surface area contributed by atoms with Gasteiger partial charge in [0.05, 0.1) is 11.7 Å². The zero-order valence-electron chi connectivity index (χ0n) is 19.9. The van der Waals surface area contributed by atoms with Crippen LogP contribution in [-0.4, -0.2) is 27.2 Å². The molecule has 1 saturated heterocycles. The predicted molar refractivity (Wildman–Crippen MR) is 145 cm³/mol. The molecule has 5 rings (SSSR count). The Hall–Kier alpha value is -4.17. The molecule has 2 aromatic carbocycles. The Balaban J connectivity index is 1.36. The molecule has 0 unspecified atom stereocenters. The van der Waals surface area contributed by atoms with Crippen LogP contribution in [0.2, 0.25) is 0 Å². The minimum Gasteiger partial charge on any atom is -0.484 e. The van der Waals surface area contributed by atoms with Crippen LogP contribution in [0, 0.1) is 0 Å². The smallest absolute Gasteiger partial charge is 0.262 e. The Morgan fingerprint density at radius 1 is 1.03 bits per heavy atom. The van der Waals surface area contributed by atoms with Gasteiger partial charge in [0.1, 0.15) is 11.8 Å². The van der Waals surface area contributed by atoms with Crippen LogP contribution in [0.4, 0.5) is 11.4 Å². The zero-order valence-corrected chi connectivity index (χ0v) is 20.7. The lowest BCUT2D eigenvalue weighted by Gasteiger charge is -2.29. The molecule has 1 aliphatic rings. The molecule has 1 fully saturated rings. The highest BCUT2D eigenvalue weighted by molar-refractivity contribution is 7.80. The van der Waals surface area contributed by atoms with E-state index in [4.69, 9.17) is 17.0 Å². The van der Waals surface area contributed by atoms with E-state index in [9.17, 15) is 4.79 Å². The number of nitrogens with zero attached hydrogens (tertiary/aromatic N) is 3. The number of hydrogen-bond donors (Lipinski definition) is 2. The summed E-state index contributed by atoms with van der Waals surface area (Å²) < 4.78 is 7.76. The van der Waals surface area contributed by atoms with Crippen molar-refractivity contribution in [3.05, 3.63) is 109 Å². The Labute approximate surface area is 215 Å². The van der Waals surface area contributed by atoms with Crippen molar-refractivity contribution < 1.29 is 9.53 Å². The van der Waals surface area contributed by atoms with Crippen LogP contribution in [0.5, 0.6) is 5.75 Å². The minimum absolute atomic E-state index is 0.0618. The molecule has 182 valence electrons. The maximum absolute atomic E-state index is 12.4. The van der Waals surface area contributed by atoms with Crippen molar-refractivity contribution in [1.29, 1.82) is 0 Å². The molecule has 2 N–H and O–H groups in total. The van der Waals surface area contributed by atoms with Crippen molar-refractivity contribution in [2.75, 3.05) is 16.8 Å². The zero-order chi connectivity index (χ0) is 24.9. The quantitative estimate of drug-likeness (QED) is 0.330. The summed E-state index contributed by atoms with van der Waals surface area (Å²) in [5.41, 5.74) is 3.70. The Morgan fingerprint density at radius 2 is 1.81 bits per heavy atom. The molecule has 0 radical (unpaired) electrons. The molecule has 4 aromatic rings. The van der Waals surface area contributed by atoms with Crippen LogP contribution >= 0.6 is 12.2 Å². The molecule has 36 heavy (non-hydrogen) atoms. The van der Waals surface area contributed by atoms with Gasteiger partial charge in [-0.15, -0.1) is 0 Å². The summed E-state index contributed by atoms with van der Waals surface area (Å²) in [4.78, 5) is 19.1. The van der Waals surface area contributed by atoms with Crippen molar-refractivity contribution in [3.8, 4) is 5.75 Å². The number of amides is 1. The molecular formula is C28H27N5O2S. The van der Waals surface area contributed by atoms with E-state index in [1.165, 1.54) is 0 Å². The number of ether oxygens (including phenoxy) is 1. The van der Waals surface area contributed by atoms with Gasteiger partial charge < -0.3 is 24.8 Å². The van der Waals surface area contributed by atoms with Crippen LogP contribution in [0.3, 0.4) is 0 Å². The maximum atomic E-state index is 12.4. The van der Waals surface area contributed by atoms with Gasteiger partial charge in [-0.2, -0.15) is 0 Å². The van der Waals surface area contributed by atoms with Gasteiger partial charge >= 0.3 is 0 Å². The number of thiocarbonyl (C=S) groups is 1. The van der Waals surface area contributed by atoms with Crippen molar-refractivity contribution in [2.45, 2.75) is 25.6 Å². The molecule has 1 amide bonds. The number of hydrogen-bond acceptors (Lipinski definition) is 4. The van der Waals surface area contributed by atoms with Crippen molar-refractivity contribution in [1.82, 2.24) is 14.9 Å². The van der Waals surface area contributed by atoms with Crippen molar-refractivity contribution in [3.63, 3.8) is 0 Å². The lowest BCUT2D eigenvalue weighted by Crippen LogP contribution is -2.30. The van der Waals surface area contributed by atoms with E-state index >= 15 is 0 Å². The summed E-state index contributed by atoms with van der Waals surface area (Å²) in [5.74, 6) is 0.433. The van der Waals surface area contributed by atoms with Gasteiger partial charge in [0.2, 0.25) is 0 Å². The molecule has 2 atom stereocenters. The number of anilines is 2. The normalized spacial score (nSPS) is 17.0. The van der Waals surface area contributed by atoms with Crippen LogP contribution in [0.1, 0.15) is 30.4 Å². The summed E-state index contributed by atoms with van der Waals surface area (Å²) >= 11 is 5.81. The second-order valence-electron chi connectivity index (χ2n) is 8.41. The first-order valence-electron chi connectivity index (χ1n) is 11.9. The highest BCUT2D eigenvalue weighted by atomic mass is 32.1. The van der Waals surface area contributed by atoms with Gasteiger partial charge in [0, 0.05) is 36.0 Å². The van der Waals surface area contributed by atoms with E-state index in [2.05, 4.69) is 50.3 Å². The minimum atomic E-state index is -0.223. The summed E-state index contributed by atoms with van der Waals surface area (Å²) in [5, 5.41) is 7.00. The highest BCUT2D eigenvalue weighted by Gasteiger charge is 2.41. The number of carbonyl (C=O) groups excluding carboxylic acids is 1. The maximum Gasteiger partial charge on any atom is 0.262 e. The lowest BCUT2D eigenvalue weighted by atomic mass is 10.0. The number of nitrogens with one attached hydrogen (secondary N) is 2. The van der Waals surface area contributed by atoms with E-state index in [0.717, 1.165) is 23.6 Å². The summed E-state index contributed by atoms with van der Waals surface area (Å²) in [7, 11) is 0. The van der Waals surface area contributed by atoms with Crippen molar-refractivity contribution >= 4 is 34.6 Å². The van der Waals surface area contributed by atoms with Gasteiger partial charge in [-0.3, -0.25) is 9.78 Å². The summed E-state index contributed by atoms with van der Waals surface area (Å²) in [6, 6.07) is 26.9. The average Bonchev–Trinajstić information content (AvgIpc) is 3.53. The van der Waals surface area contributed by atoms with E-state index in [-0.39, 0.29) is 24.6 Å². The number of para-hydroxylation sites is 1. The molecule has 0 saturated carbocycles. The standard InChI is InChI=1S/C28H27N5O2S/c1-2-32-18-8-12-24(32)27-26(23-11-6-7-17-29-23)31-28(36)33(27)21-15-13-20(14-16-21)30-25(34)19-35-22-9-4-3-5-10-22/h3-18,26-27H,2,19H2,1H3,(H,30,34)(H,31,36)/t26-,27-/m0/s1. The molecule has 1 aliphatic heterocycles. The number of carbonyl (C=O) groups is 1. The van der Waals surface area contributed by atoms with Crippen LogP contribution in [0.25, 0.3) is 0 Å². The molecule has 3 heterocycles. The molecular weight excluding hydrogens is 470 g/mol. The molecule has 0 aliphatic carbocycles. The number of aryl methyl sites for hydroxylation is 1. The van der Waals surface area contributed by atoms with Gasteiger partial charge in [0.25, 0.3) is 5.91 Å². The molecule has 2 aromatic heterocycles. The van der Waals surface area contributed by atoms with Gasteiger partial charge in [-0.25, -0.2) is 0 Å². The van der Waals surface area contributed by atoms with E-state index in [0.29, 0.717) is 16.5 Å². The topological polar surface area (TPSA) is 71.4 Å². The molecule has 8 heteroatoms.